The average Bonchev–Trinajstić information content (AvgIpc) is 2.27. The van der Waals surface area contributed by atoms with Gasteiger partial charge in [0.2, 0.25) is 0 Å². The molecule has 3 nitrogen and oxygen atoms in total. The number of fused-ring (bicyclic) bond motifs is 1. The van der Waals surface area contributed by atoms with Gasteiger partial charge in [-0.1, -0.05) is 0 Å². The van der Waals surface area contributed by atoms with E-state index in [9.17, 15) is 0 Å². The summed E-state index contributed by atoms with van der Waals surface area (Å²) in [6.45, 7) is 0.438. The molecule has 0 spiro atoms. The molecule has 0 atom stereocenters. The molecule has 0 amide bonds. The van der Waals surface area contributed by atoms with Crippen LogP contribution in [0.3, 0.4) is 0 Å². The minimum atomic E-state index is 0.438. The number of nitrogens with two attached hydrogens (primary N) is 1. The maximum atomic E-state index is 5.57. The van der Waals surface area contributed by atoms with Gasteiger partial charge in [-0.3, -0.25) is 0 Å². The molecule has 0 saturated heterocycles. The Morgan fingerprint density at radius 1 is 1.50 bits per heavy atom. The zero-order chi connectivity index (χ0) is 9.97. The number of aromatic nitrogens is 2. The number of hydrogen-bond donors (Lipinski definition) is 1. The van der Waals surface area contributed by atoms with Gasteiger partial charge in [-0.05, 0) is 18.4 Å². The molecule has 2 heterocycles. The molecule has 0 fully saturated rings. The first-order valence-electron chi connectivity index (χ1n) is 4.55. The van der Waals surface area contributed by atoms with E-state index in [2.05, 4.69) is 16.2 Å². The zero-order valence-electron chi connectivity index (χ0n) is 8.12. The second-order valence-electron chi connectivity index (χ2n) is 3.08. The Bertz CT molecular complexity index is 324. The highest BCUT2D eigenvalue weighted by Gasteiger charge is 2.16. The van der Waals surface area contributed by atoms with Crippen LogP contribution in [0.4, 0.5) is 0 Å². The Hall–Kier alpha value is -0.260. The van der Waals surface area contributed by atoms with Crippen LogP contribution in [-0.4, -0.2) is 22.0 Å². The Balaban J connectivity index is 2.47. The summed E-state index contributed by atoms with van der Waals surface area (Å²) in [6, 6.07) is 0. The lowest BCUT2D eigenvalue weighted by molar-refractivity contribution is 0.803. The highest BCUT2D eigenvalue weighted by Crippen LogP contribution is 2.29. The fraction of sp³-hybridized carbons (Fsp3) is 0.556. The summed E-state index contributed by atoms with van der Waals surface area (Å²) in [6.07, 6.45) is 3.12. The number of thioether (sulfide) groups is 2. The van der Waals surface area contributed by atoms with Crippen molar-refractivity contribution in [1.82, 2.24) is 9.97 Å². The minimum Gasteiger partial charge on any atom is -0.324 e. The molecule has 0 bridgehead atoms. The summed E-state index contributed by atoms with van der Waals surface area (Å²) in [4.78, 5) is 8.91. The monoisotopic (exact) mass is 227 g/mol. The second-order valence-corrected chi connectivity index (χ2v) is 4.98. The van der Waals surface area contributed by atoms with Gasteiger partial charge in [0.15, 0.2) is 0 Å². The van der Waals surface area contributed by atoms with E-state index in [-0.39, 0.29) is 0 Å². The van der Waals surface area contributed by atoms with Crippen LogP contribution in [0.5, 0.6) is 0 Å². The predicted molar refractivity (Wildman–Crippen MR) is 61.6 cm³/mol. The van der Waals surface area contributed by atoms with Gasteiger partial charge in [-0.25, -0.2) is 9.97 Å². The summed E-state index contributed by atoms with van der Waals surface area (Å²) >= 11 is 3.65. The van der Waals surface area contributed by atoms with E-state index in [1.54, 1.807) is 11.8 Å². The minimum absolute atomic E-state index is 0.438. The van der Waals surface area contributed by atoms with Crippen LogP contribution in [0.25, 0.3) is 0 Å². The molecule has 14 heavy (non-hydrogen) atoms. The molecule has 0 saturated carbocycles. The van der Waals surface area contributed by atoms with E-state index in [1.165, 1.54) is 17.0 Å². The molecule has 5 heteroatoms. The van der Waals surface area contributed by atoms with Crippen LogP contribution in [-0.2, 0) is 18.7 Å². The number of nitrogens with zero attached hydrogens (tertiary/aromatic N) is 2. The van der Waals surface area contributed by atoms with Crippen molar-refractivity contribution in [1.29, 1.82) is 0 Å². The first-order valence-corrected chi connectivity index (χ1v) is 6.93. The summed E-state index contributed by atoms with van der Waals surface area (Å²) in [5.74, 6) is 3.00. The normalized spacial score (nSPS) is 15.3. The highest BCUT2D eigenvalue weighted by atomic mass is 32.2. The van der Waals surface area contributed by atoms with E-state index in [0.29, 0.717) is 6.54 Å². The summed E-state index contributed by atoms with van der Waals surface area (Å²) in [5.41, 5.74) is 8.10. The zero-order valence-corrected chi connectivity index (χ0v) is 9.75. The van der Waals surface area contributed by atoms with Gasteiger partial charge in [-0.15, -0.1) is 11.8 Å². The Labute approximate surface area is 92.3 Å². The Kier molecular flexibility index (Phi) is 3.30. The van der Waals surface area contributed by atoms with Crippen LogP contribution in [0.1, 0.15) is 17.1 Å². The third-order valence-electron chi connectivity index (χ3n) is 2.21. The predicted octanol–water partition coefficient (Wildman–Crippen LogP) is 1.45. The van der Waals surface area contributed by atoms with Gasteiger partial charge >= 0.3 is 0 Å². The quantitative estimate of drug-likeness (QED) is 0.612. The van der Waals surface area contributed by atoms with Crippen LogP contribution >= 0.6 is 23.5 Å². The molecular weight excluding hydrogens is 214 g/mol. The standard InChI is InChI=1S/C9H13N3S2/c1-13-9-6-5-14-3-2-7(6)11-8(4-10)12-9/h2-5,10H2,1H3. The highest BCUT2D eigenvalue weighted by molar-refractivity contribution is 7.99. The lowest BCUT2D eigenvalue weighted by atomic mass is 10.2. The van der Waals surface area contributed by atoms with Crippen molar-refractivity contribution in [2.45, 2.75) is 23.7 Å². The molecule has 1 aromatic rings. The fourth-order valence-corrected chi connectivity index (χ4v) is 3.23. The Morgan fingerprint density at radius 2 is 2.36 bits per heavy atom. The Morgan fingerprint density at radius 3 is 3.07 bits per heavy atom. The average molecular weight is 227 g/mol. The van der Waals surface area contributed by atoms with Crippen LogP contribution in [0.2, 0.25) is 0 Å². The SMILES string of the molecule is CSc1nc(CN)nc2c1CSCC2. The molecule has 0 radical (unpaired) electrons. The second kappa shape index (κ2) is 4.51. The van der Waals surface area contributed by atoms with Gasteiger partial charge in [0.25, 0.3) is 0 Å². The van der Waals surface area contributed by atoms with Crippen molar-refractivity contribution in [2.75, 3.05) is 12.0 Å². The number of aryl methyl sites for hydroxylation is 1. The molecule has 2 rings (SSSR count). The van der Waals surface area contributed by atoms with E-state index in [1.807, 2.05) is 11.8 Å². The maximum absolute atomic E-state index is 5.57. The summed E-state index contributed by atoms with van der Waals surface area (Å²) in [5, 5.41) is 1.11. The third kappa shape index (κ3) is 1.89. The van der Waals surface area contributed by atoms with Gasteiger partial charge < -0.3 is 5.73 Å². The van der Waals surface area contributed by atoms with Gasteiger partial charge in [0.1, 0.15) is 10.9 Å². The molecule has 0 unspecified atom stereocenters. The van der Waals surface area contributed by atoms with Crippen LogP contribution < -0.4 is 5.73 Å². The first kappa shape index (κ1) is 10.3. The lowest BCUT2D eigenvalue weighted by Gasteiger charge is -2.17. The molecule has 0 aliphatic carbocycles. The molecule has 1 aliphatic heterocycles. The largest absolute Gasteiger partial charge is 0.324 e. The van der Waals surface area contributed by atoms with Gasteiger partial charge in [0.05, 0.1) is 12.2 Å². The molecular formula is C9H13N3S2. The van der Waals surface area contributed by atoms with E-state index in [0.717, 1.165) is 23.0 Å². The third-order valence-corrected chi connectivity index (χ3v) is 3.92. The van der Waals surface area contributed by atoms with Crippen molar-refractivity contribution >= 4 is 23.5 Å². The van der Waals surface area contributed by atoms with E-state index >= 15 is 0 Å². The summed E-state index contributed by atoms with van der Waals surface area (Å²) < 4.78 is 0. The maximum Gasteiger partial charge on any atom is 0.143 e. The van der Waals surface area contributed by atoms with Crippen molar-refractivity contribution in [3.05, 3.63) is 17.1 Å². The van der Waals surface area contributed by atoms with Crippen LogP contribution in [0, 0.1) is 0 Å². The van der Waals surface area contributed by atoms with Crippen molar-refractivity contribution in [2.24, 2.45) is 5.73 Å². The fourth-order valence-electron chi connectivity index (χ4n) is 1.51. The van der Waals surface area contributed by atoms with Crippen LogP contribution in [0.15, 0.2) is 5.03 Å². The number of rotatable bonds is 2. The van der Waals surface area contributed by atoms with Gasteiger partial charge in [0, 0.05) is 11.3 Å². The first-order chi connectivity index (χ1) is 6.85. The molecule has 1 aliphatic rings. The van der Waals surface area contributed by atoms with Gasteiger partial charge in [-0.2, -0.15) is 11.8 Å². The van der Waals surface area contributed by atoms with E-state index < -0.39 is 0 Å². The lowest BCUT2D eigenvalue weighted by Crippen LogP contribution is -2.13. The summed E-state index contributed by atoms with van der Waals surface area (Å²) in [7, 11) is 0. The molecule has 76 valence electrons. The smallest absolute Gasteiger partial charge is 0.143 e. The molecule has 0 aromatic carbocycles. The molecule has 1 aromatic heterocycles. The van der Waals surface area contributed by atoms with Crippen molar-refractivity contribution in [3.8, 4) is 0 Å². The topological polar surface area (TPSA) is 51.8 Å². The van der Waals surface area contributed by atoms with Crippen molar-refractivity contribution in [3.63, 3.8) is 0 Å². The van der Waals surface area contributed by atoms with E-state index in [4.69, 9.17) is 5.73 Å². The number of hydrogen-bond acceptors (Lipinski definition) is 5. The van der Waals surface area contributed by atoms with Crippen molar-refractivity contribution < 1.29 is 0 Å². The molecule has 2 N–H and O–H groups in total.